The van der Waals surface area contributed by atoms with E-state index in [4.69, 9.17) is 0 Å². The fraction of sp³-hybridized carbons (Fsp3) is 0.120. The molecule has 4 nitrogen and oxygen atoms in total. The molecule has 0 fully saturated rings. The van der Waals surface area contributed by atoms with E-state index in [2.05, 4.69) is 9.97 Å². The molecule has 0 N–H and O–H groups in total. The first-order valence-corrected chi connectivity index (χ1v) is 11.7. The molecular formula is C25H21FN2O2S. The van der Waals surface area contributed by atoms with Gasteiger partial charge in [0.2, 0.25) is 0 Å². The summed E-state index contributed by atoms with van der Waals surface area (Å²) in [6, 6.07) is 22.8. The average Bonchev–Trinajstić information content (AvgIpc) is 2.79. The summed E-state index contributed by atoms with van der Waals surface area (Å²) in [6.45, 7) is 0. The molecule has 0 saturated heterocycles. The van der Waals surface area contributed by atoms with Crippen molar-refractivity contribution in [1.82, 2.24) is 9.97 Å². The first-order chi connectivity index (χ1) is 14.9. The second-order valence-electron chi connectivity index (χ2n) is 7.36. The lowest BCUT2D eigenvalue weighted by molar-refractivity contribution is 0.602. The number of sulfone groups is 1. The highest BCUT2D eigenvalue weighted by Gasteiger charge is 2.20. The second kappa shape index (κ2) is 8.78. The Morgan fingerprint density at radius 2 is 1.45 bits per heavy atom. The predicted molar refractivity (Wildman–Crippen MR) is 119 cm³/mol. The number of halogens is 1. The third-order valence-electron chi connectivity index (χ3n) is 5.18. The van der Waals surface area contributed by atoms with Crippen molar-refractivity contribution in [3.8, 4) is 11.1 Å². The highest BCUT2D eigenvalue weighted by molar-refractivity contribution is 7.90. The molecule has 2 heterocycles. The van der Waals surface area contributed by atoms with Crippen LogP contribution >= 0.6 is 0 Å². The largest absolute Gasteiger partial charge is 0.261 e. The van der Waals surface area contributed by atoms with Crippen LogP contribution in [0.5, 0.6) is 0 Å². The van der Waals surface area contributed by atoms with E-state index >= 15 is 0 Å². The van der Waals surface area contributed by atoms with Crippen LogP contribution in [0.3, 0.4) is 0 Å². The second-order valence-corrected chi connectivity index (χ2v) is 9.38. The Morgan fingerprint density at radius 3 is 1.97 bits per heavy atom. The van der Waals surface area contributed by atoms with Crippen LogP contribution in [-0.4, -0.2) is 24.6 Å². The summed E-state index contributed by atoms with van der Waals surface area (Å²) >= 11 is 0. The van der Waals surface area contributed by atoms with Crippen molar-refractivity contribution in [2.24, 2.45) is 0 Å². The van der Waals surface area contributed by atoms with Gasteiger partial charge in [-0.2, -0.15) is 0 Å². The Hall–Kier alpha value is -3.38. The molecule has 4 rings (SSSR count). The maximum absolute atomic E-state index is 14.2. The minimum atomic E-state index is -3.30. The van der Waals surface area contributed by atoms with Crippen molar-refractivity contribution >= 4 is 9.84 Å². The van der Waals surface area contributed by atoms with Crippen LogP contribution in [-0.2, 0) is 16.3 Å². The Balaban J connectivity index is 1.77. The molecule has 0 saturated carbocycles. The lowest BCUT2D eigenvalue weighted by atomic mass is 9.88. The number of rotatable bonds is 6. The summed E-state index contributed by atoms with van der Waals surface area (Å²) in [5.41, 5.74) is 4.15. The van der Waals surface area contributed by atoms with E-state index < -0.39 is 9.84 Å². The number of hydrogen-bond donors (Lipinski definition) is 0. The lowest BCUT2D eigenvalue weighted by Crippen LogP contribution is -2.09. The molecule has 31 heavy (non-hydrogen) atoms. The summed E-state index contributed by atoms with van der Waals surface area (Å²) in [6.07, 6.45) is 5.24. The zero-order chi connectivity index (χ0) is 21.8. The van der Waals surface area contributed by atoms with E-state index in [0.29, 0.717) is 6.42 Å². The molecule has 0 aliphatic rings. The number of hydrogen-bond acceptors (Lipinski definition) is 4. The van der Waals surface area contributed by atoms with Gasteiger partial charge >= 0.3 is 0 Å². The van der Waals surface area contributed by atoms with Crippen LogP contribution in [0.25, 0.3) is 11.1 Å². The first kappa shape index (κ1) is 20.9. The molecule has 0 radical (unpaired) electrons. The molecule has 4 aromatic rings. The third-order valence-corrected chi connectivity index (χ3v) is 6.31. The summed E-state index contributed by atoms with van der Waals surface area (Å²) < 4.78 is 37.7. The van der Waals surface area contributed by atoms with Gasteiger partial charge in [0.1, 0.15) is 5.82 Å². The molecule has 0 spiro atoms. The summed E-state index contributed by atoms with van der Waals surface area (Å²) in [5.74, 6) is -0.458. The van der Waals surface area contributed by atoms with Crippen molar-refractivity contribution in [2.45, 2.75) is 17.2 Å². The van der Waals surface area contributed by atoms with Gasteiger partial charge in [-0.25, -0.2) is 12.8 Å². The number of pyridine rings is 2. The van der Waals surface area contributed by atoms with Crippen LogP contribution in [0.1, 0.15) is 22.9 Å². The fourth-order valence-electron chi connectivity index (χ4n) is 3.62. The zero-order valence-corrected chi connectivity index (χ0v) is 17.8. The van der Waals surface area contributed by atoms with Crippen LogP contribution in [0.4, 0.5) is 4.39 Å². The van der Waals surface area contributed by atoms with Crippen LogP contribution < -0.4 is 0 Å². The normalized spacial score (nSPS) is 11.6. The van der Waals surface area contributed by atoms with Crippen molar-refractivity contribution in [3.63, 3.8) is 0 Å². The van der Waals surface area contributed by atoms with Crippen molar-refractivity contribution in [1.29, 1.82) is 0 Å². The molecule has 156 valence electrons. The lowest BCUT2D eigenvalue weighted by Gasteiger charge is -2.19. The van der Waals surface area contributed by atoms with E-state index in [9.17, 15) is 12.8 Å². The van der Waals surface area contributed by atoms with E-state index in [0.717, 1.165) is 28.1 Å². The van der Waals surface area contributed by atoms with Crippen molar-refractivity contribution < 1.29 is 12.8 Å². The van der Waals surface area contributed by atoms with Gasteiger partial charge in [-0.15, -0.1) is 0 Å². The molecular weight excluding hydrogens is 411 g/mol. The monoisotopic (exact) mass is 432 g/mol. The van der Waals surface area contributed by atoms with E-state index in [1.165, 1.54) is 18.4 Å². The van der Waals surface area contributed by atoms with Crippen molar-refractivity contribution in [2.75, 3.05) is 6.26 Å². The Kier molecular flexibility index (Phi) is 5.91. The maximum Gasteiger partial charge on any atom is 0.175 e. The topological polar surface area (TPSA) is 59.9 Å². The van der Waals surface area contributed by atoms with Gasteiger partial charge < -0.3 is 0 Å². The fourth-order valence-corrected chi connectivity index (χ4v) is 4.25. The Morgan fingerprint density at radius 1 is 0.839 bits per heavy atom. The summed E-state index contributed by atoms with van der Waals surface area (Å²) in [4.78, 5) is 9.29. The number of nitrogens with zero attached hydrogens (tertiary/aromatic N) is 2. The highest BCUT2D eigenvalue weighted by atomic mass is 32.2. The molecule has 6 heteroatoms. The smallest absolute Gasteiger partial charge is 0.175 e. The van der Waals surface area contributed by atoms with E-state index in [-0.39, 0.29) is 16.6 Å². The minimum Gasteiger partial charge on any atom is -0.261 e. The summed E-state index contributed by atoms with van der Waals surface area (Å²) in [5, 5.41) is 0. The Labute approximate surface area is 181 Å². The zero-order valence-electron chi connectivity index (χ0n) is 16.9. The van der Waals surface area contributed by atoms with Gasteiger partial charge in [-0.1, -0.05) is 30.3 Å². The van der Waals surface area contributed by atoms with E-state index in [1.807, 2.05) is 36.4 Å². The first-order valence-electron chi connectivity index (χ1n) is 9.82. The molecule has 0 atom stereocenters. The van der Waals surface area contributed by atoms with Gasteiger partial charge in [-0.05, 0) is 71.6 Å². The summed E-state index contributed by atoms with van der Waals surface area (Å²) in [7, 11) is -3.30. The van der Waals surface area contributed by atoms with Gasteiger partial charge in [0.15, 0.2) is 9.84 Å². The van der Waals surface area contributed by atoms with Gasteiger partial charge in [0, 0.05) is 36.0 Å². The molecule has 0 aliphatic heterocycles. The van der Waals surface area contributed by atoms with Gasteiger partial charge in [0.05, 0.1) is 4.90 Å². The van der Waals surface area contributed by atoms with E-state index in [1.54, 1.807) is 42.7 Å². The Bertz CT molecular complexity index is 1240. The van der Waals surface area contributed by atoms with Crippen LogP contribution in [0.2, 0.25) is 0 Å². The number of aromatic nitrogens is 2. The highest BCUT2D eigenvalue weighted by Crippen LogP contribution is 2.32. The van der Waals surface area contributed by atoms with Gasteiger partial charge in [0.25, 0.3) is 0 Å². The maximum atomic E-state index is 14.2. The molecule has 0 aliphatic carbocycles. The standard InChI is InChI=1S/C25H21FN2O2S/c1-31(29,30)21-12-9-18(10-13-21)22-17-20(26)11-8-19(22)16-23(24-6-2-4-14-27-24)25-7-3-5-15-28-25/h2-15,17,23H,16H2,1H3. The number of benzene rings is 2. The van der Waals surface area contributed by atoms with Gasteiger partial charge in [-0.3, -0.25) is 9.97 Å². The third kappa shape index (κ3) is 4.86. The molecule has 0 amide bonds. The molecule has 0 unspecified atom stereocenters. The predicted octanol–water partition coefficient (Wildman–Crippen LogP) is 5.06. The van der Waals surface area contributed by atoms with Crippen LogP contribution in [0.15, 0.2) is 96.2 Å². The van der Waals surface area contributed by atoms with Crippen molar-refractivity contribution in [3.05, 3.63) is 114 Å². The quantitative estimate of drug-likeness (QED) is 0.427. The van der Waals surface area contributed by atoms with Crippen LogP contribution in [0, 0.1) is 5.82 Å². The molecule has 2 aromatic heterocycles. The minimum absolute atomic E-state index is 0.109. The molecule has 0 bridgehead atoms. The average molecular weight is 433 g/mol. The SMILES string of the molecule is CS(=O)(=O)c1ccc(-c2cc(F)ccc2CC(c2ccccn2)c2ccccn2)cc1. The molecule has 2 aromatic carbocycles.